The Kier molecular flexibility index (Phi) is 6.05. The first-order chi connectivity index (χ1) is 6.43. The van der Waals surface area contributed by atoms with Gasteiger partial charge in [0.2, 0.25) is 0 Å². The van der Waals surface area contributed by atoms with Crippen molar-refractivity contribution in [2.75, 3.05) is 13.7 Å². The molecular formula is C12H24O2. The van der Waals surface area contributed by atoms with Crippen LogP contribution in [0.2, 0.25) is 0 Å². The van der Waals surface area contributed by atoms with Crippen molar-refractivity contribution in [2.45, 2.75) is 40.2 Å². The van der Waals surface area contributed by atoms with Gasteiger partial charge in [-0.1, -0.05) is 39.8 Å². The molecule has 0 amide bonds. The summed E-state index contributed by atoms with van der Waals surface area (Å²) < 4.78 is 5.49. The molecule has 14 heavy (non-hydrogen) atoms. The molecule has 0 aliphatic heterocycles. The van der Waals surface area contributed by atoms with Gasteiger partial charge in [-0.05, 0) is 11.8 Å². The van der Waals surface area contributed by atoms with Crippen molar-refractivity contribution in [3.63, 3.8) is 0 Å². The van der Waals surface area contributed by atoms with E-state index in [0.29, 0.717) is 5.92 Å². The van der Waals surface area contributed by atoms with Crippen LogP contribution < -0.4 is 0 Å². The lowest BCUT2D eigenvalue weighted by atomic mass is 9.81. The maximum absolute atomic E-state index is 8.65. The summed E-state index contributed by atoms with van der Waals surface area (Å²) in [6.07, 6.45) is 5.08. The fraction of sp³-hybridized carbons (Fsp3) is 0.833. The molecule has 0 aliphatic carbocycles. The predicted molar refractivity (Wildman–Crippen MR) is 60.3 cm³/mol. The standard InChI is InChI=1S/C12H24O2/c1-10(8-6-7-9-13)11(14-5)12(2,3)4/h6,8,10-11,13H,7,9H2,1-5H3/b8-6+/t10-,11+/m1/s1. The average Bonchev–Trinajstić information content (AvgIpc) is 2.03. The van der Waals surface area contributed by atoms with Crippen LogP contribution in [0.4, 0.5) is 0 Å². The first kappa shape index (κ1) is 13.7. The largest absolute Gasteiger partial charge is 0.396 e. The quantitative estimate of drug-likeness (QED) is 0.691. The molecule has 0 rings (SSSR count). The van der Waals surface area contributed by atoms with Crippen LogP contribution in [-0.2, 0) is 4.74 Å². The Morgan fingerprint density at radius 1 is 1.36 bits per heavy atom. The van der Waals surface area contributed by atoms with Crippen LogP contribution in [0.25, 0.3) is 0 Å². The highest BCUT2D eigenvalue weighted by molar-refractivity contribution is 4.93. The third-order valence-corrected chi connectivity index (χ3v) is 2.32. The fourth-order valence-corrected chi connectivity index (χ4v) is 1.84. The lowest BCUT2D eigenvalue weighted by Crippen LogP contribution is -2.33. The second-order valence-electron chi connectivity index (χ2n) is 4.82. The first-order valence-corrected chi connectivity index (χ1v) is 5.23. The molecule has 2 nitrogen and oxygen atoms in total. The number of aliphatic hydroxyl groups is 1. The van der Waals surface area contributed by atoms with Crippen molar-refractivity contribution in [2.24, 2.45) is 11.3 Å². The molecule has 0 aromatic carbocycles. The summed E-state index contributed by atoms with van der Waals surface area (Å²) >= 11 is 0. The van der Waals surface area contributed by atoms with E-state index in [1.54, 1.807) is 7.11 Å². The summed E-state index contributed by atoms with van der Waals surface area (Å²) in [6, 6.07) is 0. The summed E-state index contributed by atoms with van der Waals surface area (Å²) in [5.74, 6) is 0.381. The molecule has 1 N–H and O–H groups in total. The van der Waals surface area contributed by atoms with Crippen LogP contribution in [0.5, 0.6) is 0 Å². The monoisotopic (exact) mass is 200 g/mol. The van der Waals surface area contributed by atoms with Gasteiger partial charge >= 0.3 is 0 Å². The van der Waals surface area contributed by atoms with Crippen LogP contribution in [-0.4, -0.2) is 24.9 Å². The summed E-state index contributed by atoms with van der Waals surface area (Å²) in [6.45, 7) is 8.90. The van der Waals surface area contributed by atoms with Gasteiger partial charge in [0.05, 0.1) is 6.10 Å². The van der Waals surface area contributed by atoms with E-state index in [2.05, 4.69) is 33.8 Å². The minimum Gasteiger partial charge on any atom is -0.396 e. The minimum absolute atomic E-state index is 0.151. The summed E-state index contributed by atoms with van der Waals surface area (Å²) in [4.78, 5) is 0. The number of hydrogen-bond acceptors (Lipinski definition) is 2. The number of methoxy groups -OCH3 is 1. The lowest BCUT2D eigenvalue weighted by Gasteiger charge is -2.32. The molecule has 2 atom stereocenters. The molecule has 0 aliphatic rings. The second-order valence-corrected chi connectivity index (χ2v) is 4.82. The van der Waals surface area contributed by atoms with E-state index < -0.39 is 0 Å². The van der Waals surface area contributed by atoms with E-state index >= 15 is 0 Å². The zero-order valence-corrected chi connectivity index (χ0v) is 10.1. The third-order valence-electron chi connectivity index (χ3n) is 2.32. The Bertz CT molecular complexity index is 168. The van der Waals surface area contributed by atoms with E-state index in [-0.39, 0.29) is 18.1 Å². The average molecular weight is 200 g/mol. The van der Waals surface area contributed by atoms with Crippen molar-refractivity contribution >= 4 is 0 Å². The molecule has 0 fully saturated rings. The normalized spacial score (nSPS) is 17.3. The number of ether oxygens (including phenoxy) is 1. The fourth-order valence-electron chi connectivity index (χ4n) is 1.84. The molecule has 0 saturated carbocycles. The summed E-state index contributed by atoms with van der Waals surface area (Å²) in [5, 5.41) is 8.65. The van der Waals surface area contributed by atoms with E-state index in [0.717, 1.165) is 6.42 Å². The third kappa shape index (κ3) is 4.77. The Labute approximate surface area is 88.0 Å². The summed E-state index contributed by atoms with van der Waals surface area (Å²) in [7, 11) is 1.76. The molecule has 0 saturated heterocycles. The molecule has 84 valence electrons. The SMILES string of the molecule is CO[C@@H]([C@H](C)/C=C/CCO)C(C)(C)C. The van der Waals surface area contributed by atoms with Gasteiger partial charge in [-0.2, -0.15) is 0 Å². The number of aliphatic hydroxyl groups excluding tert-OH is 1. The van der Waals surface area contributed by atoms with Gasteiger partial charge in [-0.25, -0.2) is 0 Å². The van der Waals surface area contributed by atoms with E-state index in [9.17, 15) is 0 Å². The highest BCUT2D eigenvalue weighted by atomic mass is 16.5. The molecule has 0 aromatic heterocycles. The molecule has 2 heteroatoms. The van der Waals surface area contributed by atoms with Crippen LogP contribution >= 0.6 is 0 Å². The van der Waals surface area contributed by atoms with Gasteiger partial charge in [-0.3, -0.25) is 0 Å². The Hall–Kier alpha value is -0.340. The van der Waals surface area contributed by atoms with Crippen molar-refractivity contribution in [1.29, 1.82) is 0 Å². The maximum Gasteiger partial charge on any atom is 0.0679 e. The number of rotatable bonds is 5. The molecule has 0 bridgehead atoms. The smallest absolute Gasteiger partial charge is 0.0679 e. The van der Waals surface area contributed by atoms with Gasteiger partial charge in [0.15, 0.2) is 0 Å². The molecular weight excluding hydrogens is 176 g/mol. The van der Waals surface area contributed by atoms with Crippen molar-refractivity contribution in [3.05, 3.63) is 12.2 Å². The topological polar surface area (TPSA) is 29.5 Å². The predicted octanol–water partition coefficient (Wildman–Crippen LogP) is 2.62. The Morgan fingerprint density at radius 3 is 2.29 bits per heavy atom. The first-order valence-electron chi connectivity index (χ1n) is 5.23. The highest BCUT2D eigenvalue weighted by Crippen LogP contribution is 2.28. The summed E-state index contributed by atoms with van der Waals surface area (Å²) in [5.41, 5.74) is 0.151. The molecule has 0 spiro atoms. The van der Waals surface area contributed by atoms with Crippen molar-refractivity contribution in [3.8, 4) is 0 Å². The van der Waals surface area contributed by atoms with E-state index in [1.807, 2.05) is 6.08 Å². The maximum atomic E-state index is 8.65. The van der Waals surface area contributed by atoms with Gasteiger partial charge in [0, 0.05) is 19.6 Å². The van der Waals surface area contributed by atoms with Gasteiger partial charge in [0.1, 0.15) is 0 Å². The molecule has 0 heterocycles. The van der Waals surface area contributed by atoms with Crippen LogP contribution in [0.3, 0.4) is 0 Å². The van der Waals surface area contributed by atoms with Gasteiger partial charge < -0.3 is 9.84 Å². The zero-order chi connectivity index (χ0) is 11.2. The second kappa shape index (κ2) is 6.20. The van der Waals surface area contributed by atoms with Gasteiger partial charge in [0.25, 0.3) is 0 Å². The van der Waals surface area contributed by atoms with Crippen LogP contribution in [0.15, 0.2) is 12.2 Å². The van der Waals surface area contributed by atoms with Crippen LogP contribution in [0.1, 0.15) is 34.1 Å². The minimum atomic E-state index is 0.151. The molecule has 0 radical (unpaired) electrons. The molecule has 0 aromatic rings. The zero-order valence-electron chi connectivity index (χ0n) is 10.1. The van der Waals surface area contributed by atoms with E-state index in [4.69, 9.17) is 9.84 Å². The Morgan fingerprint density at radius 2 is 1.93 bits per heavy atom. The van der Waals surface area contributed by atoms with Crippen molar-refractivity contribution < 1.29 is 9.84 Å². The Balaban J connectivity index is 4.25. The van der Waals surface area contributed by atoms with Gasteiger partial charge in [-0.15, -0.1) is 0 Å². The molecule has 0 unspecified atom stereocenters. The van der Waals surface area contributed by atoms with Crippen molar-refractivity contribution in [1.82, 2.24) is 0 Å². The van der Waals surface area contributed by atoms with Crippen LogP contribution in [0, 0.1) is 11.3 Å². The number of hydrogen-bond donors (Lipinski definition) is 1. The lowest BCUT2D eigenvalue weighted by molar-refractivity contribution is -0.00813. The highest BCUT2D eigenvalue weighted by Gasteiger charge is 2.27. The van der Waals surface area contributed by atoms with E-state index in [1.165, 1.54) is 0 Å².